The van der Waals surface area contributed by atoms with Crippen molar-refractivity contribution < 1.29 is 33.3 Å². The Balaban J connectivity index is 2.07. The molecule has 0 radical (unpaired) electrons. The number of hydrogen-bond acceptors (Lipinski definition) is 9. The quantitative estimate of drug-likeness (QED) is 0.145. The molecular formula is C31H36N4O8. The second-order valence-corrected chi connectivity index (χ2v) is 9.90. The molecule has 228 valence electrons. The number of methoxy groups -OCH3 is 3. The number of carbonyl (C=O) groups excluding carboxylic acids is 2. The molecule has 1 amide bonds. The largest absolute Gasteiger partial charge is 0.493 e. The number of benzene rings is 1. The van der Waals surface area contributed by atoms with Gasteiger partial charge in [0, 0.05) is 24.9 Å². The molecule has 12 nitrogen and oxygen atoms in total. The van der Waals surface area contributed by atoms with Crippen molar-refractivity contribution in [2.24, 2.45) is 4.99 Å². The third-order valence-corrected chi connectivity index (χ3v) is 6.70. The minimum atomic E-state index is -0.734. The fourth-order valence-electron chi connectivity index (χ4n) is 4.69. The summed E-state index contributed by atoms with van der Waals surface area (Å²) in [5, 5.41) is 0.176. The minimum Gasteiger partial charge on any atom is -0.493 e. The number of carbonyl (C=O) groups is 2. The molecule has 3 aromatic heterocycles. The standard InChI is InChI=1S/C31H36N4O8/c1-8-42-31(38)22-17-21-27(32-26-19(4)11-9-12-35(26)30(21)37)34(13-10-14-43-18(2)3)28(22)33-29(36)20-15-23(39-5)25(41-7)24(16-20)40-6/h9,11-12,15-18H,8,10,13-14H2,1-7H3. The van der Waals surface area contributed by atoms with Crippen LogP contribution in [0.5, 0.6) is 17.2 Å². The summed E-state index contributed by atoms with van der Waals surface area (Å²) in [6.07, 6.45) is 2.11. The van der Waals surface area contributed by atoms with Gasteiger partial charge in [-0.2, -0.15) is 4.99 Å². The average molecular weight is 593 g/mol. The SMILES string of the molecule is CCOC(=O)c1cc2c(=O)n3cccc(C)c3nc2n(CCCOC(C)C)c1=NC(=O)c1cc(OC)c(OC)c(OC)c1. The second kappa shape index (κ2) is 13.5. The highest BCUT2D eigenvalue weighted by Gasteiger charge is 2.22. The van der Waals surface area contributed by atoms with E-state index in [-0.39, 0.29) is 64.0 Å². The van der Waals surface area contributed by atoms with Gasteiger partial charge in [-0.3, -0.25) is 14.0 Å². The molecule has 0 atom stereocenters. The molecule has 0 aliphatic heterocycles. The van der Waals surface area contributed by atoms with Crippen LogP contribution in [0.1, 0.15) is 53.5 Å². The monoisotopic (exact) mass is 592 g/mol. The van der Waals surface area contributed by atoms with Crippen molar-refractivity contribution in [3.8, 4) is 17.2 Å². The second-order valence-electron chi connectivity index (χ2n) is 9.90. The lowest BCUT2D eigenvalue weighted by Crippen LogP contribution is -2.33. The summed E-state index contributed by atoms with van der Waals surface area (Å²) in [4.78, 5) is 50.0. The van der Waals surface area contributed by atoms with Crippen LogP contribution in [0.25, 0.3) is 16.7 Å². The molecule has 12 heteroatoms. The Kier molecular flexibility index (Phi) is 9.81. The number of amides is 1. The molecule has 0 aliphatic rings. The van der Waals surface area contributed by atoms with Gasteiger partial charge in [0.1, 0.15) is 16.9 Å². The van der Waals surface area contributed by atoms with Crippen LogP contribution in [0.4, 0.5) is 0 Å². The van der Waals surface area contributed by atoms with Gasteiger partial charge in [-0.15, -0.1) is 0 Å². The molecule has 0 bridgehead atoms. The van der Waals surface area contributed by atoms with E-state index < -0.39 is 11.9 Å². The van der Waals surface area contributed by atoms with Crippen LogP contribution < -0.4 is 25.3 Å². The summed E-state index contributed by atoms with van der Waals surface area (Å²) in [5.41, 5.74) is 1.19. The first kappa shape index (κ1) is 31.2. The lowest BCUT2D eigenvalue weighted by Gasteiger charge is -2.16. The Bertz CT molecular complexity index is 1780. The smallest absolute Gasteiger partial charge is 0.341 e. The molecule has 3 heterocycles. The van der Waals surface area contributed by atoms with E-state index in [2.05, 4.69) is 4.99 Å². The van der Waals surface area contributed by atoms with Gasteiger partial charge in [0.25, 0.3) is 11.5 Å². The van der Waals surface area contributed by atoms with Crippen molar-refractivity contribution in [2.75, 3.05) is 34.5 Å². The van der Waals surface area contributed by atoms with E-state index >= 15 is 0 Å². The van der Waals surface area contributed by atoms with E-state index in [0.717, 1.165) is 5.56 Å². The molecule has 0 saturated carbocycles. The highest BCUT2D eigenvalue weighted by molar-refractivity contribution is 5.98. The average Bonchev–Trinajstić information content (AvgIpc) is 2.99. The number of aromatic nitrogens is 3. The predicted octanol–water partition coefficient (Wildman–Crippen LogP) is 3.72. The van der Waals surface area contributed by atoms with Crippen LogP contribution in [0.15, 0.2) is 46.3 Å². The van der Waals surface area contributed by atoms with Crippen LogP contribution >= 0.6 is 0 Å². The maximum atomic E-state index is 13.7. The number of ether oxygens (including phenoxy) is 5. The van der Waals surface area contributed by atoms with Crippen molar-refractivity contribution in [3.05, 3.63) is 69.1 Å². The summed E-state index contributed by atoms with van der Waals surface area (Å²) < 4.78 is 30.3. The Hall–Kier alpha value is -4.71. The molecule has 0 spiro atoms. The topological polar surface area (TPSA) is 132 Å². The normalized spacial score (nSPS) is 11.8. The third kappa shape index (κ3) is 6.38. The fraction of sp³-hybridized carbons (Fsp3) is 0.387. The zero-order valence-corrected chi connectivity index (χ0v) is 25.4. The van der Waals surface area contributed by atoms with Gasteiger partial charge in [0.15, 0.2) is 17.0 Å². The van der Waals surface area contributed by atoms with Crippen molar-refractivity contribution >= 4 is 28.6 Å². The van der Waals surface area contributed by atoms with Crippen LogP contribution in [-0.2, 0) is 16.0 Å². The highest BCUT2D eigenvalue weighted by Crippen LogP contribution is 2.38. The number of hydrogen-bond donors (Lipinski definition) is 0. The molecule has 0 aliphatic carbocycles. The summed E-state index contributed by atoms with van der Waals surface area (Å²) in [6.45, 7) is 8.08. The minimum absolute atomic E-state index is 0.000849. The molecule has 4 aromatic rings. The zero-order valence-electron chi connectivity index (χ0n) is 25.4. The molecule has 43 heavy (non-hydrogen) atoms. The van der Waals surface area contributed by atoms with Crippen molar-refractivity contribution in [2.45, 2.75) is 46.8 Å². The molecule has 0 fully saturated rings. The Morgan fingerprint density at radius 1 is 1.02 bits per heavy atom. The Labute approximate surface area is 248 Å². The lowest BCUT2D eigenvalue weighted by molar-refractivity contribution is 0.0523. The van der Waals surface area contributed by atoms with Gasteiger partial charge in [-0.1, -0.05) is 6.07 Å². The number of esters is 1. The van der Waals surface area contributed by atoms with E-state index in [0.29, 0.717) is 24.4 Å². The van der Waals surface area contributed by atoms with Crippen LogP contribution in [0.3, 0.4) is 0 Å². The van der Waals surface area contributed by atoms with E-state index in [9.17, 15) is 14.4 Å². The van der Waals surface area contributed by atoms with Gasteiger partial charge < -0.3 is 28.3 Å². The fourth-order valence-corrected chi connectivity index (χ4v) is 4.69. The molecule has 1 aromatic carbocycles. The van der Waals surface area contributed by atoms with Crippen LogP contribution in [0.2, 0.25) is 0 Å². The lowest BCUT2D eigenvalue weighted by atomic mass is 10.1. The first-order chi connectivity index (χ1) is 20.6. The first-order valence-corrected chi connectivity index (χ1v) is 13.9. The summed E-state index contributed by atoms with van der Waals surface area (Å²) in [5.74, 6) is -0.585. The third-order valence-electron chi connectivity index (χ3n) is 6.70. The van der Waals surface area contributed by atoms with Gasteiger partial charge in [0.2, 0.25) is 5.75 Å². The first-order valence-electron chi connectivity index (χ1n) is 13.9. The Morgan fingerprint density at radius 3 is 2.33 bits per heavy atom. The molecule has 0 saturated heterocycles. The number of fused-ring (bicyclic) bond motifs is 2. The Morgan fingerprint density at radius 2 is 1.72 bits per heavy atom. The summed E-state index contributed by atoms with van der Waals surface area (Å²) >= 11 is 0. The summed E-state index contributed by atoms with van der Waals surface area (Å²) in [6, 6.07) is 7.93. The van der Waals surface area contributed by atoms with Crippen LogP contribution in [-0.4, -0.2) is 66.5 Å². The van der Waals surface area contributed by atoms with Crippen LogP contribution in [0, 0.1) is 6.92 Å². The van der Waals surface area contributed by atoms with E-state index in [4.69, 9.17) is 28.7 Å². The number of nitrogens with zero attached hydrogens (tertiary/aromatic N) is 4. The molecule has 4 rings (SSSR count). The highest BCUT2D eigenvalue weighted by atomic mass is 16.5. The van der Waals surface area contributed by atoms with Crippen molar-refractivity contribution in [1.82, 2.24) is 14.0 Å². The van der Waals surface area contributed by atoms with Gasteiger partial charge in [-0.05, 0) is 63.9 Å². The number of rotatable bonds is 11. The van der Waals surface area contributed by atoms with Gasteiger partial charge >= 0.3 is 5.97 Å². The van der Waals surface area contributed by atoms with Crippen molar-refractivity contribution in [3.63, 3.8) is 0 Å². The van der Waals surface area contributed by atoms with E-state index in [1.165, 1.54) is 43.9 Å². The van der Waals surface area contributed by atoms with E-state index in [1.54, 1.807) is 23.8 Å². The van der Waals surface area contributed by atoms with E-state index in [1.807, 2.05) is 26.8 Å². The predicted molar refractivity (Wildman–Crippen MR) is 159 cm³/mol. The van der Waals surface area contributed by atoms with Gasteiger partial charge in [-0.25, -0.2) is 9.78 Å². The molecule has 0 N–H and O–H groups in total. The number of aryl methyl sites for hydroxylation is 2. The van der Waals surface area contributed by atoms with Crippen molar-refractivity contribution in [1.29, 1.82) is 0 Å². The summed E-state index contributed by atoms with van der Waals surface area (Å²) in [7, 11) is 4.34. The molecular weight excluding hydrogens is 556 g/mol. The molecule has 0 unspecified atom stereocenters. The maximum absolute atomic E-state index is 13.7. The number of pyridine rings is 2. The van der Waals surface area contributed by atoms with Gasteiger partial charge in [0.05, 0.1) is 39.4 Å². The maximum Gasteiger partial charge on any atom is 0.341 e. The zero-order chi connectivity index (χ0) is 31.3.